The van der Waals surface area contributed by atoms with Crippen molar-refractivity contribution in [3.8, 4) is 0 Å². The first kappa shape index (κ1) is 17.3. The van der Waals surface area contributed by atoms with Gasteiger partial charge >= 0.3 is 0 Å². The maximum atomic E-state index is 12.7. The molecule has 1 saturated heterocycles. The van der Waals surface area contributed by atoms with Crippen molar-refractivity contribution in [2.75, 3.05) is 13.1 Å². The fraction of sp³-hybridized carbons (Fsp3) is 0.526. The molecule has 1 aliphatic heterocycles. The Labute approximate surface area is 148 Å². The second-order valence-corrected chi connectivity index (χ2v) is 7.14. The summed E-state index contributed by atoms with van der Waals surface area (Å²) in [5, 5.41) is 1.11. The predicted molar refractivity (Wildman–Crippen MR) is 97.5 cm³/mol. The van der Waals surface area contributed by atoms with Crippen molar-refractivity contribution >= 4 is 29.3 Å². The summed E-state index contributed by atoms with van der Waals surface area (Å²) in [5.74, 6) is 0.634. The monoisotopic (exact) mass is 348 g/mol. The molecule has 4 rings (SSSR count). The number of nitrogens with two attached hydrogens (primary N) is 1. The van der Waals surface area contributed by atoms with Crippen LogP contribution in [0.3, 0.4) is 0 Å². The summed E-state index contributed by atoms with van der Waals surface area (Å²) in [6.07, 6.45) is 6.72. The number of benzene rings is 1. The summed E-state index contributed by atoms with van der Waals surface area (Å²) in [4.78, 5) is 14.7. The van der Waals surface area contributed by atoms with E-state index in [-0.39, 0.29) is 18.3 Å². The molecule has 2 unspecified atom stereocenters. The minimum atomic E-state index is 0. The average Bonchev–Trinajstić information content (AvgIpc) is 3.24. The van der Waals surface area contributed by atoms with Gasteiger partial charge in [-0.1, -0.05) is 0 Å². The second-order valence-electron chi connectivity index (χ2n) is 7.14. The number of fused-ring (bicyclic) bond motifs is 2. The molecule has 1 amide bonds. The van der Waals surface area contributed by atoms with E-state index in [0.717, 1.165) is 42.3 Å². The highest BCUT2D eigenvalue weighted by molar-refractivity contribution is 5.89. The molecule has 0 bridgehead atoms. The Hall–Kier alpha value is -1.52. The SMILES string of the molecule is CC1CC(CN)CN1C(=O)Cc1coc2cc3c(cc12)CCC3.Cl. The summed E-state index contributed by atoms with van der Waals surface area (Å²) < 4.78 is 5.72. The van der Waals surface area contributed by atoms with Gasteiger partial charge in [-0.2, -0.15) is 0 Å². The number of likely N-dealkylation sites (tertiary alicyclic amines) is 1. The molecule has 2 atom stereocenters. The van der Waals surface area contributed by atoms with Crippen LogP contribution in [0.25, 0.3) is 11.0 Å². The third-order valence-electron chi connectivity index (χ3n) is 5.52. The Morgan fingerprint density at radius 3 is 2.79 bits per heavy atom. The number of carbonyl (C=O) groups is 1. The van der Waals surface area contributed by atoms with Crippen molar-refractivity contribution < 1.29 is 9.21 Å². The number of amides is 1. The lowest BCUT2D eigenvalue weighted by molar-refractivity contribution is -0.131. The van der Waals surface area contributed by atoms with Gasteiger partial charge in [0.1, 0.15) is 5.58 Å². The number of rotatable bonds is 3. The van der Waals surface area contributed by atoms with Crippen LogP contribution in [0.2, 0.25) is 0 Å². The molecule has 0 spiro atoms. The van der Waals surface area contributed by atoms with Crippen LogP contribution in [-0.2, 0) is 24.1 Å². The van der Waals surface area contributed by atoms with Crippen LogP contribution in [0, 0.1) is 5.92 Å². The summed E-state index contributed by atoms with van der Waals surface area (Å²) in [6.45, 7) is 3.57. The minimum Gasteiger partial charge on any atom is -0.464 e. The normalized spacial score (nSPS) is 22.7. The third kappa shape index (κ3) is 2.93. The van der Waals surface area contributed by atoms with E-state index >= 15 is 0 Å². The van der Waals surface area contributed by atoms with Gasteiger partial charge in [0.25, 0.3) is 0 Å². The van der Waals surface area contributed by atoms with Gasteiger partial charge in [0.15, 0.2) is 0 Å². The van der Waals surface area contributed by atoms with Crippen LogP contribution in [0.1, 0.15) is 36.5 Å². The molecule has 5 heteroatoms. The van der Waals surface area contributed by atoms with Gasteiger partial charge in [0.05, 0.1) is 12.7 Å². The molecule has 2 heterocycles. The molecule has 130 valence electrons. The lowest BCUT2D eigenvalue weighted by Gasteiger charge is -2.21. The lowest BCUT2D eigenvalue weighted by Crippen LogP contribution is -2.35. The zero-order chi connectivity index (χ0) is 16.0. The molecule has 2 aromatic rings. The van der Waals surface area contributed by atoms with Crippen molar-refractivity contribution in [3.05, 3.63) is 35.1 Å². The minimum absolute atomic E-state index is 0. The van der Waals surface area contributed by atoms with Crippen LogP contribution in [0.4, 0.5) is 0 Å². The van der Waals surface area contributed by atoms with E-state index in [9.17, 15) is 4.79 Å². The van der Waals surface area contributed by atoms with Crippen molar-refractivity contribution in [1.29, 1.82) is 0 Å². The summed E-state index contributed by atoms with van der Waals surface area (Å²) in [5.41, 5.74) is 10.5. The second kappa shape index (κ2) is 6.77. The smallest absolute Gasteiger partial charge is 0.227 e. The van der Waals surface area contributed by atoms with Gasteiger partial charge < -0.3 is 15.1 Å². The Morgan fingerprint density at radius 1 is 1.33 bits per heavy atom. The molecular weight excluding hydrogens is 324 g/mol. The highest BCUT2D eigenvalue weighted by Crippen LogP contribution is 2.31. The molecule has 0 radical (unpaired) electrons. The number of hydrogen-bond acceptors (Lipinski definition) is 3. The van der Waals surface area contributed by atoms with E-state index in [1.54, 1.807) is 6.26 Å². The Kier molecular flexibility index (Phi) is 4.88. The molecule has 1 fully saturated rings. The van der Waals surface area contributed by atoms with Crippen molar-refractivity contribution in [3.63, 3.8) is 0 Å². The lowest BCUT2D eigenvalue weighted by atomic mass is 10.0. The number of nitrogens with zero attached hydrogens (tertiary/aromatic N) is 1. The van der Waals surface area contributed by atoms with Crippen LogP contribution < -0.4 is 5.73 Å². The van der Waals surface area contributed by atoms with Crippen LogP contribution in [0.5, 0.6) is 0 Å². The van der Waals surface area contributed by atoms with Gasteiger partial charge in [-0.05, 0) is 68.3 Å². The Balaban J connectivity index is 0.00000169. The maximum absolute atomic E-state index is 12.7. The Bertz CT molecular complexity index is 755. The first-order valence-corrected chi connectivity index (χ1v) is 8.67. The topological polar surface area (TPSA) is 59.5 Å². The standard InChI is InChI=1S/C19H24N2O2.ClH/c1-12-5-13(9-20)10-21(12)19(22)8-16-11-23-18-7-15-4-2-3-14(15)6-17(16)18;/h6-7,11-13H,2-5,8-10,20H2,1H3;1H. The van der Waals surface area contributed by atoms with Gasteiger partial charge in [-0.15, -0.1) is 12.4 Å². The predicted octanol–water partition coefficient (Wildman–Crippen LogP) is 3.08. The number of halogens is 1. The van der Waals surface area contributed by atoms with Gasteiger partial charge in [-0.25, -0.2) is 0 Å². The largest absolute Gasteiger partial charge is 0.464 e. The van der Waals surface area contributed by atoms with E-state index in [2.05, 4.69) is 19.1 Å². The first-order valence-electron chi connectivity index (χ1n) is 8.67. The summed E-state index contributed by atoms with van der Waals surface area (Å²) in [7, 11) is 0. The molecule has 0 saturated carbocycles. The highest BCUT2D eigenvalue weighted by atomic mass is 35.5. The number of aryl methyl sites for hydroxylation is 2. The maximum Gasteiger partial charge on any atom is 0.227 e. The van der Waals surface area contributed by atoms with E-state index in [1.165, 1.54) is 17.5 Å². The molecular formula is C19H25ClN2O2. The van der Waals surface area contributed by atoms with Crippen LogP contribution in [-0.4, -0.2) is 29.9 Å². The summed E-state index contributed by atoms with van der Waals surface area (Å²) >= 11 is 0. The molecule has 2 N–H and O–H groups in total. The third-order valence-corrected chi connectivity index (χ3v) is 5.52. The molecule has 24 heavy (non-hydrogen) atoms. The zero-order valence-electron chi connectivity index (χ0n) is 14.1. The average molecular weight is 349 g/mol. The quantitative estimate of drug-likeness (QED) is 0.927. The molecule has 1 aliphatic carbocycles. The van der Waals surface area contributed by atoms with E-state index in [4.69, 9.17) is 10.2 Å². The molecule has 2 aliphatic rings. The van der Waals surface area contributed by atoms with E-state index in [0.29, 0.717) is 24.9 Å². The Morgan fingerprint density at radius 2 is 2.08 bits per heavy atom. The molecule has 1 aromatic heterocycles. The van der Waals surface area contributed by atoms with Crippen molar-refractivity contribution in [2.24, 2.45) is 11.7 Å². The van der Waals surface area contributed by atoms with Crippen LogP contribution >= 0.6 is 12.4 Å². The van der Waals surface area contributed by atoms with Gasteiger partial charge in [-0.3, -0.25) is 4.79 Å². The first-order chi connectivity index (χ1) is 11.2. The highest BCUT2D eigenvalue weighted by Gasteiger charge is 2.31. The summed E-state index contributed by atoms with van der Waals surface area (Å²) in [6, 6.07) is 4.69. The number of furan rings is 1. The van der Waals surface area contributed by atoms with Crippen molar-refractivity contribution in [2.45, 2.75) is 45.1 Å². The van der Waals surface area contributed by atoms with E-state index < -0.39 is 0 Å². The van der Waals surface area contributed by atoms with Crippen molar-refractivity contribution in [1.82, 2.24) is 4.90 Å². The number of carbonyl (C=O) groups excluding carboxylic acids is 1. The zero-order valence-corrected chi connectivity index (χ0v) is 14.9. The number of hydrogen-bond donors (Lipinski definition) is 1. The van der Waals surface area contributed by atoms with Crippen LogP contribution in [0.15, 0.2) is 22.8 Å². The van der Waals surface area contributed by atoms with Gasteiger partial charge in [0, 0.05) is 23.5 Å². The molecule has 1 aromatic carbocycles. The van der Waals surface area contributed by atoms with E-state index in [1.807, 2.05) is 4.90 Å². The molecule has 4 nitrogen and oxygen atoms in total. The fourth-order valence-electron chi connectivity index (χ4n) is 4.21. The fourth-order valence-corrected chi connectivity index (χ4v) is 4.21. The van der Waals surface area contributed by atoms with Gasteiger partial charge in [0.2, 0.25) is 5.91 Å².